The van der Waals surface area contributed by atoms with Gasteiger partial charge < -0.3 is 11.1 Å². The molecule has 0 bridgehead atoms. The molecular weight excluding hydrogens is 327 g/mol. The van der Waals surface area contributed by atoms with Crippen molar-refractivity contribution in [3.63, 3.8) is 0 Å². The van der Waals surface area contributed by atoms with Gasteiger partial charge in [0.05, 0.1) is 5.56 Å². The van der Waals surface area contributed by atoms with Crippen molar-refractivity contribution in [2.75, 3.05) is 6.54 Å². The first kappa shape index (κ1) is 17.4. The molecule has 0 radical (unpaired) electrons. The summed E-state index contributed by atoms with van der Waals surface area (Å²) in [7, 11) is 0. The molecule has 0 atom stereocenters. The van der Waals surface area contributed by atoms with E-state index in [9.17, 15) is 18.0 Å². The summed E-state index contributed by atoms with van der Waals surface area (Å²) in [6.07, 6.45) is -4.42. The fraction of sp³-hybridized carbons (Fsp3) is 0.333. The normalized spacial score (nSPS) is 12.3. The van der Waals surface area contributed by atoms with Crippen LogP contribution in [-0.4, -0.2) is 23.0 Å². The quantitative estimate of drug-likeness (QED) is 0.895. The molecular formula is C15H16F3N3OS. The first-order valence-corrected chi connectivity index (χ1v) is 7.66. The van der Waals surface area contributed by atoms with Gasteiger partial charge in [-0.05, 0) is 26.0 Å². The number of nitrogens with zero attached hydrogens (tertiary/aromatic N) is 1. The molecule has 0 aliphatic heterocycles. The molecule has 1 amide bonds. The summed E-state index contributed by atoms with van der Waals surface area (Å²) in [5.41, 5.74) is 4.69. The smallest absolute Gasteiger partial charge is 0.345 e. The molecule has 23 heavy (non-hydrogen) atoms. The Hall–Kier alpha value is -1.93. The van der Waals surface area contributed by atoms with Crippen LogP contribution in [0, 0.1) is 0 Å². The van der Waals surface area contributed by atoms with Crippen molar-refractivity contribution in [3.8, 4) is 10.6 Å². The van der Waals surface area contributed by atoms with Crippen LogP contribution in [-0.2, 0) is 6.18 Å². The lowest BCUT2D eigenvalue weighted by atomic mass is 10.1. The van der Waals surface area contributed by atoms with Crippen LogP contribution in [0.3, 0.4) is 0 Å². The molecule has 124 valence electrons. The molecule has 2 rings (SSSR count). The number of carbonyl (C=O) groups is 1. The maximum absolute atomic E-state index is 12.7. The van der Waals surface area contributed by atoms with E-state index in [0.29, 0.717) is 10.6 Å². The average Bonchev–Trinajstić information content (AvgIpc) is 2.96. The predicted octanol–water partition coefficient (Wildman–Crippen LogP) is 3.30. The van der Waals surface area contributed by atoms with E-state index in [2.05, 4.69) is 10.3 Å². The van der Waals surface area contributed by atoms with Crippen LogP contribution in [0.25, 0.3) is 10.6 Å². The average molecular weight is 343 g/mol. The van der Waals surface area contributed by atoms with Crippen molar-refractivity contribution in [1.29, 1.82) is 0 Å². The lowest BCUT2D eigenvalue weighted by Crippen LogP contribution is -2.48. The molecule has 0 aliphatic rings. The van der Waals surface area contributed by atoms with Gasteiger partial charge in [0.15, 0.2) is 0 Å². The Morgan fingerprint density at radius 1 is 1.35 bits per heavy atom. The van der Waals surface area contributed by atoms with Gasteiger partial charge in [-0.1, -0.05) is 12.1 Å². The Kier molecular flexibility index (Phi) is 4.76. The zero-order valence-corrected chi connectivity index (χ0v) is 13.4. The molecule has 0 saturated carbocycles. The van der Waals surface area contributed by atoms with Gasteiger partial charge in [-0.15, -0.1) is 11.3 Å². The van der Waals surface area contributed by atoms with E-state index in [-0.39, 0.29) is 12.2 Å². The molecule has 1 heterocycles. The largest absolute Gasteiger partial charge is 0.416 e. The van der Waals surface area contributed by atoms with Gasteiger partial charge in [-0.25, -0.2) is 4.98 Å². The summed E-state index contributed by atoms with van der Waals surface area (Å²) >= 11 is 1.11. The number of nitrogens with two attached hydrogens (primary N) is 1. The van der Waals surface area contributed by atoms with Crippen molar-refractivity contribution < 1.29 is 18.0 Å². The molecule has 8 heteroatoms. The van der Waals surface area contributed by atoms with Crippen LogP contribution < -0.4 is 11.1 Å². The molecule has 1 aromatic carbocycles. The molecule has 3 N–H and O–H groups in total. The zero-order chi connectivity index (χ0) is 17.3. The highest BCUT2D eigenvalue weighted by molar-refractivity contribution is 7.13. The van der Waals surface area contributed by atoms with Crippen molar-refractivity contribution in [3.05, 3.63) is 40.9 Å². The Morgan fingerprint density at radius 2 is 2.04 bits per heavy atom. The summed E-state index contributed by atoms with van der Waals surface area (Å²) in [6.45, 7) is 3.79. The van der Waals surface area contributed by atoms with Crippen molar-refractivity contribution in [2.24, 2.45) is 5.73 Å². The van der Waals surface area contributed by atoms with E-state index in [0.717, 1.165) is 23.5 Å². The van der Waals surface area contributed by atoms with Crippen molar-refractivity contribution in [1.82, 2.24) is 10.3 Å². The minimum atomic E-state index is -4.42. The highest BCUT2D eigenvalue weighted by Crippen LogP contribution is 2.33. The van der Waals surface area contributed by atoms with Gasteiger partial charge in [0.25, 0.3) is 5.91 Å². The topological polar surface area (TPSA) is 68.0 Å². The van der Waals surface area contributed by atoms with Gasteiger partial charge in [-0.3, -0.25) is 4.79 Å². The number of benzene rings is 1. The highest BCUT2D eigenvalue weighted by atomic mass is 32.1. The van der Waals surface area contributed by atoms with Crippen LogP contribution in [0.2, 0.25) is 0 Å². The third-order valence-electron chi connectivity index (χ3n) is 3.14. The number of carbonyl (C=O) groups excluding carboxylic acids is 1. The SMILES string of the molecule is CC(C)(CN)NC(=O)c1csc(-c2cccc(C(F)(F)F)c2)n1. The summed E-state index contributed by atoms with van der Waals surface area (Å²) in [4.78, 5) is 16.2. The lowest BCUT2D eigenvalue weighted by Gasteiger charge is -2.23. The van der Waals surface area contributed by atoms with Crippen LogP contribution in [0.1, 0.15) is 29.9 Å². The number of hydrogen-bond donors (Lipinski definition) is 2. The minimum Gasteiger partial charge on any atom is -0.345 e. The molecule has 1 aromatic heterocycles. The first-order chi connectivity index (χ1) is 10.6. The van der Waals surface area contributed by atoms with E-state index in [4.69, 9.17) is 5.73 Å². The summed E-state index contributed by atoms with van der Waals surface area (Å²) < 4.78 is 38.2. The Bertz CT molecular complexity index is 710. The van der Waals surface area contributed by atoms with Gasteiger partial charge in [0.1, 0.15) is 10.7 Å². The second-order valence-electron chi connectivity index (χ2n) is 5.66. The predicted molar refractivity (Wildman–Crippen MR) is 83.2 cm³/mol. The van der Waals surface area contributed by atoms with E-state index < -0.39 is 23.2 Å². The fourth-order valence-electron chi connectivity index (χ4n) is 1.76. The standard InChI is InChI=1S/C15H16F3N3OS/c1-14(2,8-19)21-12(22)11-7-23-13(20-11)9-4-3-5-10(6-9)15(16,17)18/h3-7H,8,19H2,1-2H3,(H,21,22). The number of amides is 1. The van der Waals surface area contributed by atoms with Gasteiger partial charge >= 0.3 is 6.18 Å². The van der Waals surface area contributed by atoms with Gasteiger partial charge in [0.2, 0.25) is 0 Å². The number of thiazole rings is 1. The van der Waals surface area contributed by atoms with Crippen LogP contribution >= 0.6 is 11.3 Å². The van der Waals surface area contributed by atoms with Gasteiger partial charge in [-0.2, -0.15) is 13.2 Å². The Balaban J connectivity index is 2.24. The first-order valence-electron chi connectivity index (χ1n) is 6.78. The summed E-state index contributed by atoms with van der Waals surface area (Å²) in [5, 5.41) is 4.59. The number of nitrogens with one attached hydrogen (secondary N) is 1. The maximum Gasteiger partial charge on any atom is 0.416 e. The van der Waals surface area contributed by atoms with E-state index in [1.807, 2.05) is 0 Å². The molecule has 4 nitrogen and oxygen atoms in total. The monoisotopic (exact) mass is 343 g/mol. The Labute approximate surface area is 135 Å². The maximum atomic E-state index is 12.7. The van der Waals surface area contributed by atoms with Crippen LogP contribution in [0.15, 0.2) is 29.6 Å². The molecule has 0 fully saturated rings. The van der Waals surface area contributed by atoms with E-state index >= 15 is 0 Å². The van der Waals surface area contributed by atoms with Crippen molar-refractivity contribution >= 4 is 17.2 Å². The lowest BCUT2D eigenvalue weighted by molar-refractivity contribution is -0.137. The number of hydrogen-bond acceptors (Lipinski definition) is 4. The second kappa shape index (κ2) is 6.29. The number of rotatable bonds is 4. The van der Waals surface area contributed by atoms with Crippen molar-refractivity contribution in [2.45, 2.75) is 25.6 Å². The second-order valence-corrected chi connectivity index (χ2v) is 6.52. The molecule has 0 unspecified atom stereocenters. The zero-order valence-electron chi connectivity index (χ0n) is 12.6. The van der Waals surface area contributed by atoms with Crippen LogP contribution in [0.5, 0.6) is 0 Å². The molecule has 0 aliphatic carbocycles. The fourth-order valence-corrected chi connectivity index (χ4v) is 2.56. The third-order valence-corrected chi connectivity index (χ3v) is 4.03. The molecule has 0 spiro atoms. The number of aromatic nitrogens is 1. The van der Waals surface area contributed by atoms with Crippen LogP contribution in [0.4, 0.5) is 13.2 Å². The summed E-state index contributed by atoms with van der Waals surface area (Å²) in [6, 6.07) is 4.86. The Morgan fingerprint density at radius 3 is 2.65 bits per heavy atom. The van der Waals surface area contributed by atoms with E-state index in [1.54, 1.807) is 13.8 Å². The highest BCUT2D eigenvalue weighted by Gasteiger charge is 2.30. The number of halogens is 3. The van der Waals surface area contributed by atoms with E-state index in [1.165, 1.54) is 17.5 Å². The number of alkyl halides is 3. The third kappa shape index (κ3) is 4.29. The summed E-state index contributed by atoms with van der Waals surface area (Å²) in [5.74, 6) is -0.407. The molecule has 2 aromatic rings. The molecule has 0 saturated heterocycles. The van der Waals surface area contributed by atoms with Gasteiger partial charge in [0, 0.05) is 23.0 Å². The minimum absolute atomic E-state index is 0.156.